The van der Waals surface area contributed by atoms with Crippen LogP contribution in [0.4, 0.5) is 0 Å². The number of nitrogens with zero attached hydrogens (tertiary/aromatic N) is 7. The van der Waals surface area contributed by atoms with Crippen molar-refractivity contribution >= 4 is 59.7 Å². The van der Waals surface area contributed by atoms with Gasteiger partial charge in [0.1, 0.15) is 7.00 Å². The third-order valence-electron chi connectivity index (χ3n) is 17.5. The van der Waals surface area contributed by atoms with Gasteiger partial charge in [-0.1, -0.05) is 225 Å². The third-order valence-corrected chi connectivity index (χ3v) is 17.5. The van der Waals surface area contributed by atoms with Crippen molar-refractivity contribution in [2.24, 2.45) is 0 Å². The molecular formula is C90H68BN7P. The number of hydrogen-bond acceptors (Lipinski definition) is 7. The lowest BCUT2D eigenvalue weighted by molar-refractivity contribution is 1.23. The first-order valence-corrected chi connectivity index (χ1v) is 33.8. The van der Waals surface area contributed by atoms with Gasteiger partial charge in [0.2, 0.25) is 0 Å². The zero-order valence-corrected chi connectivity index (χ0v) is 56.3. The van der Waals surface area contributed by atoms with Crippen LogP contribution in [-0.2, 0) is 0 Å². The fourth-order valence-corrected chi connectivity index (χ4v) is 12.9. The molecule has 1 radical (unpaired) electrons. The second-order valence-corrected chi connectivity index (χ2v) is 24.8. The highest BCUT2D eigenvalue weighted by Gasteiger charge is 2.17. The number of aromatic nitrogens is 7. The van der Waals surface area contributed by atoms with E-state index in [1.54, 1.807) is 0 Å². The Hall–Kier alpha value is -12.2. The maximum absolute atomic E-state index is 4.90. The van der Waals surface area contributed by atoms with E-state index >= 15 is 0 Å². The maximum atomic E-state index is 4.90. The molecule has 17 rings (SSSR count). The van der Waals surface area contributed by atoms with E-state index in [0.717, 1.165) is 122 Å². The first-order valence-electron chi connectivity index (χ1n) is 33.1. The Kier molecular flexibility index (Phi) is 19.6. The van der Waals surface area contributed by atoms with Crippen LogP contribution in [0.25, 0.3) is 155 Å². The number of rotatable bonds is 10. The number of aryl methyl sites for hydroxylation is 2. The summed E-state index contributed by atoms with van der Waals surface area (Å²) in [5.41, 5.74) is 29.1. The number of fused-ring (bicyclic) bond motifs is 6. The minimum atomic E-state index is 0.946. The predicted octanol–water partition coefficient (Wildman–Crippen LogP) is 23.3. The summed E-state index contributed by atoms with van der Waals surface area (Å²) in [5.74, 6) is 0. The zero-order valence-electron chi connectivity index (χ0n) is 55.2. The van der Waals surface area contributed by atoms with Crippen LogP contribution in [0.15, 0.2) is 347 Å². The van der Waals surface area contributed by atoms with Crippen LogP contribution >= 0.6 is 9.12 Å². The number of hydrogen-bond donors (Lipinski definition) is 0. The second kappa shape index (κ2) is 30.2. The third kappa shape index (κ3) is 14.5. The van der Waals surface area contributed by atoms with E-state index in [0.29, 0.717) is 0 Å². The summed E-state index contributed by atoms with van der Waals surface area (Å²) >= 11 is 0. The van der Waals surface area contributed by atoms with Gasteiger partial charge in [-0.3, -0.25) is 34.9 Å². The van der Waals surface area contributed by atoms with E-state index < -0.39 is 0 Å². The van der Waals surface area contributed by atoms with Crippen molar-refractivity contribution < 1.29 is 0 Å². The summed E-state index contributed by atoms with van der Waals surface area (Å²) in [6.07, 6.45) is 14.9. The van der Waals surface area contributed by atoms with E-state index in [-0.39, 0.29) is 0 Å². The normalized spacial score (nSPS) is 10.8. The van der Waals surface area contributed by atoms with Crippen LogP contribution in [0, 0.1) is 13.8 Å². The van der Waals surface area contributed by atoms with E-state index in [1.165, 1.54) is 44.5 Å². The molecule has 17 aromatic rings. The SMILES string of the molecule is C[B]P.Cc1cc(-c2ccccc2)c2ccc3c(-c4ccccc4)cc(C)nc3c2n1.c1ccc(-c2ccnc3c2ccc2c(-c4ccccc4)ccnc23)cc1.c1cncc(-c2cccc(-c3cc(-c4cccc(-c5cccnc5)c4)cc(-c4cccc(-c5cccnc5)c4)c3)c2)c1. The largest absolute Gasteiger partial charge is 0.264 e. The lowest BCUT2D eigenvalue weighted by Gasteiger charge is -2.14. The van der Waals surface area contributed by atoms with Gasteiger partial charge in [0, 0.05) is 99.2 Å². The Labute approximate surface area is 581 Å². The summed E-state index contributed by atoms with van der Waals surface area (Å²) in [6, 6.07) is 104. The average molecular weight is 1290 g/mol. The molecule has 0 aliphatic rings. The molecular weight excluding hydrogens is 1220 g/mol. The van der Waals surface area contributed by atoms with Crippen LogP contribution in [0.3, 0.4) is 0 Å². The molecule has 0 bridgehead atoms. The van der Waals surface area contributed by atoms with Crippen molar-refractivity contribution in [1.29, 1.82) is 0 Å². The zero-order chi connectivity index (χ0) is 67.3. The summed E-state index contributed by atoms with van der Waals surface area (Å²) < 4.78 is 0. The van der Waals surface area contributed by atoms with Crippen molar-refractivity contribution in [3.8, 4) is 111 Å². The minimum absolute atomic E-state index is 0.946. The molecule has 7 nitrogen and oxygen atoms in total. The van der Waals surface area contributed by atoms with Gasteiger partial charge in [0.25, 0.3) is 0 Å². The van der Waals surface area contributed by atoms with Crippen LogP contribution in [0.1, 0.15) is 11.4 Å². The van der Waals surface area contributed by atoms with Gasteiger partial charge < -0.3 is 0 Å². The molecule has 471 valence electrons. The molecule has 0 spiro atoms. The monoisotopic (exact) mass is 1290 g/mol. The highest BCUT2D eigenvalue weighted by Crippen LogP contribution is 2.40. The van der Waals surface area contributed by atoms with Gasteiger partial charge in [-0.05, 0) is 187 Å². The predicted molar refractivity (Wildman–Crippen MR) is 419 cm³/mol. The molecule has 10 aromatic carbocycles. The van der Waals surface area contributed by atoms with Gasteiger partial charge >= 0.3 is 0 Å². The van der Waals surface area contributed by atoms with Crippen molar-refractivity contribution in [3.63, 3.8) is 0 Å². The first kappa shape index (κ1) is 64.1. The van der Waals surface area contributed by atoms with E-state index in [2.05, 4.69) is 303 Å². The minimum Gasteiger partial charge on any atom is -0.264 e. The van der Waals surface area contributed by atoms with Crippen LogP contribution in [-0.4, -0.2) is 41.9 Å². The first-order chi connectivity index (χ1) is 48.8. The molecule has 1 atom stereocenters. The van der Waals surface area contributed by atoms with Crippen LogP contribution in [0.2, 0.25) is 6.82 Å². The van der Waals surface area contributed by atoms with Gasteiger partial charge in [0.05, 0.1) is 22.1 Å². The van der Waals surface area contributed by atoms with Crippen LogP contribution in [0.5, 0.6) is 0 Å². The quantitative estimate of drug-likeness (QED) is 0.0765. The van der Waals surface area contributed by atoms with E-state index in [9.17, 15) is 0 Å². The van der Waals surface area contributed by atoms with Crippen molar-refractivity contribution in [2.75, 3.05) is 0 Å². The fourth-order valence-electron chi connectivity index (χ4n) is 12.9. The van der Waals surface area contributed by atoms with Gasteiger partial charge in [-0.25, -0.2) is 0 Å². The molecule has 0 aliphatic heterocycles. The second-order valence-electron chi connectivity index (χ2n) is 24.1. The molecule has 9 heteroatoms. The standard InChI is InChI=1S/C39H27N3.C26H20N2.C24H16N2.CH5BP/c1-7-28(34-13-4-16-40-25-34)19-31(10-1)37-22-38(32-11-2-8-29(20-32)35-14-5-17-41-26-35)24-39(23-37)33-12-3-9-30(21-33)36-15-6-18-42-27-36;1-17-15-23(19-9-5-3-6-10-19)21-13-14-22-24(20-11-7-4-8-12-20)16-18(2)28-26(22)25(21)27-17;1-3-7-17(8-4-1)19-13-15-25-23-21(19)11-12-22-20(14-16-26-24(22)23)18-9-5-2-6-10-18;1-2-3/h1-27H;3-16H,1-2H3;1-16H;3H2,1H3. The Balaban J connectivity index is 0.000000129. The van der Waals surface area contributed by atoms with Crippen molar-refractivity contribution in [2.45, 2.75) is 20.7 Å². The molecule has 7 heterocycles. The maximum Gasteiger partial charge on any atom is 0.134 e. The Morgan fingerprint density at radius 1 is 0.232 bits per heavy atom. The summed E-state index contributed by atoms with van der Waals surface area (Å²) in [4.78, 5) is 32.1. The summed E-state index contributed by atoms with van der Waals surface area (Å²) in [6.45, 7) is 7.99. The molecule has 0 amide bonds. The average Bonchev–Trinajstić information content (AvgIpc) is 0.656. The number of pyridine rings is 7. The van der Waals surface area contributed by atoms with Gasteiger partial charge in [0.15, 0.2) is 0 Å². The molecule has 0 saturated carbocycles. The Morgan fingerprint density at radius 3 is 0.778 bits per heavy atom. The number of benzene rings is 10. The molecule has 99 heavy (non-hydrogen) atoms. The molecule has 7 aromatic heterocycles. The molecule has 0 aliphatic carbocycles. The van der Waals surface area contributed by atoms with Crippen molar-refractivity contribution in [1.82, 2.24) is 34.9 Å². The smallest absolute Gasteiger partial charge is 0.134 e. The van der Waals surface area contributed by atoms with E-state index in [1.807, 2.05) is 106 Å². The van der Waals surface area contributed by atoms with E-state index in [4.69, 9.17) is 9.97 Å². The molecule has 1 unspecified atom stereocenters. The van der Waals surface area contributed by atoms with Gasteiger partial charge in [-0.15, -0.1) is 0 Å². The lowest BCUT2D eigenvalue weighted by Crippen LogP contribution is -1.94. The van der Waals surface area contributed by atoms with Gasteiger partial charge in [-0.2, -0.15) is 9.12 Å². The lowest BCUT2D eigenvalue weighted by atomic mass is 9.91. The highest BCUT2D eigenvalue weighted by molar-refractivity contribution is 7.55. The van der Waals surface area contributed by atoms with Crippen molar-refractivity contribution in [3.05, 3.63) is 358 Å². The Morgan fingerprint density at radius 2 is 0.485 bits per heavy atom. The molecule has 0 N–H and O–H groups in total. The highest BCUT2D eigenvalue weighted by atomic mass is 31.0. The molecule has 0 fully saturated rings. The Bertz CT molecular complexity index is 5170. The summed E-state index contributed by atoms with van der Waals surface area (Å²) in [7, 11) is 2.45. The topological polar surface area (TPSA) is 90.2 Å². The fraction of sp³-hybridized carbons (Fsp3) is 0.0333. The van der Waals surface area contributed by atoms with Crippen LogP contribution < -0.4 is 0 Å². The molecule has 0 saturated heterocycles. The summed E-state index contributed by atoms with van der Waals surface area (Å²) in [5, 5.41) is 4.54.